The van der Waals surface area contributed by atoms with Gasteiger partial charge in [-0.15, -0.1) is 46.4 Å². The van der Waals surface area contributed by atoms with Crippen LogP contribution in [0.15, 0.2) is 133 Å². The van der Waals surface area contributed by atoms with Crippen LogP contribution in [0.3, 0.4) is 0 Å². The van der Waals surface area contributed by atoms with Gasteiger partial charge >= 0.3 is 0 Å². The SMILES string of the molecule is ClCCl.ClCCl.Clc1cc(Cl)c2nc1Oc1ccc3c(c1)C1c4ccccc4C3c3ccc(cc31)Oc1nc(c(Cl)cc1Cl)Oc1ccc3c(c1)C1c4ccccc4C3c3ccc(cc31)O2. The number of fused-ring (bicyclic) bond motifs is 8. The number of halogens is 8. The molecule has 328 valence electrons. The summed E-state index contributed by atoms with van der Waals surface area (Å²) in [4.78, 5) is 9.49. The monoisotopic (exact) mass is 1030 g/mol. The number of aromatic nitrogens is 2. The zero-order valence-electron chi connectivity index (χ0n) is 34.0. The van der Waals surface area contributed by atoms with Gasteiger partial charge in [-0.3, -0.25) is 0 Å². The summed E-state index contributed by atoms with van der Waals surface area (Å²) < 4.78 is 26.0. The van der Waals surface area contributed by atoms with Crippen molar-refractivity contribution in [3.05, 3.63) is 220 Å². The van der Waals surface area contributed by atoms with Crippen LogP contribution in [0.25, 0.3) is 0 Å². The van der Waals surface area contributed by atoms with Crippen molar-refractivity contribution in [3.63, 3.8) is 0 Å². The van der Waals surface area contributed by atoms with Crippen LogP contribution in [0.2, 0.25) is 20.1 Å². The average Bonchev–Trinajstić information content (AvgIpc) is 3.32. The molecular weight excluding hydrogens is 1000 g/mol. The Morgan fingerprint density at radius 2 is 0.515 bits per heavy atom. The van der Waals surface area contributed by atoms with Gasteiger partial charge in [0.2, 0.25) is 23.5 Å². The van der Waals surface area contributed by atoms with Gasteiger partial charge in [0.1, 0.15) is 43.1 Å². The number of alkyl halides is 4. The molecule has 0 amide bonds. The number of rotatable bonds is 0. The van der Waals surface area contributed by atoms with E-state index < -0.39 is 0 Å². The average molecular weight is 1030 g/mol. The van der Waals surface area contributed by atoms with Crippen LogP contribution >= 0.6 is 92.8 Å². The standard InChI is InChI=1S/C50H26Cl4N2O4.2CH2Cl2/c51-39-21-41(53)49-55-47(39)57-23-9-13-31-35(17-23)45-29-7-3-1-5-27(29)43(31)32-14-10-24(18-36(32)45)58-48-40(52)22-42(54)50(56-48)60-26-12-16-34-38(20-26)46-30-8-4-2-6-28(30)44(34)33-15-11-25(59-49)19-37(33)46;2*2-1-3/h1-22,43-46H;2*1H2. The zero-order valence-corrected chi connectivity index (χ0v) is 40.0. The molecular formula is C52H30Cl8N2O4. The summed E-state index contributed by atoms with van der Waals surface area (Å²) in [6.07, 6.45) is 0. The van der Waals surface area contributed by atoms with Crippen LogP contribution in [-0.4, -0.2) is 20.6 Å². The summed E-state index contributed by atoms with van der Waals surface area (Å²) in [7, 11) is 0. The van der Waals surface area contributed by atoms with Crippen molar-refractivity contribution in [2.45, 2.75) is 23.7 Å². The first kappa shape index (κ1) is 43.7. The Morgan fingerprint density at radius 3 is 0.758 bits per heavy atom. The van der Waals surface area contributed by atoms with Gasteiger partial charge in [-0.1, -0.05) is 119 Å². The van der Waals surface area contributed by atoms with E-state index in [1.807, 2.05) is 24.3 Å². The lowest BCUT2D eigenvalue weighted by Gasteiger charge is -2.42. The molecule has 8 aromatic rings. The van der Waals surface area contributed by atoms with Crippen LogP contribution in [0.1, 0.15) is 90.4 Å². The van der Waals surface area contributed by atoms with E-state index in [-0.39, 0.29) is 78.0 Å². The maximum Gasteiger partial charge on any atom is 0.241 e. The smallest absolute Gasteiger partial charge is 0.241 e. The third kappa shape index (κ3) is 7.33. The molecule has 66 heavy (non-hydrogen) atoms. The molecule has 14 heteroatoms. The molecule has 15 rings (SSSR count). The normalized spacial score (nSPS) is 17.7. The van der Waals surface area contributed by atoms with Crippen molar-refractivity contribution in [1.29, 1.82) is 0 Å². The van der Waals surface area contributed by atoms with Gasteiger partial charge in [0, 0.05) is 23.7 Å². The minimum Gasteiger partial charge on any atom is -0.437 e. The number of ether oxygens (including phenoxy) is 4. The van der Waals surface area contributed by atoms with Gasteiger partial charge in [-0.05, 0) is 127 Å². The van der Waals surface area contributed by atoms with Gasteiger partial charge in [-0.25, -0.2) is 0 Å². The van der Waals surface area contributed by atoms with Crippen molar-refractivity contribution in [2.75, 3.05) is 10.7 Å². The molecule has 0 fully saturated rings. The van der Waals surface area contributed by atoms with Crippen LogP contribution in [0.4, 0.5) is 0 Å². The summed E-state index contributed by atoms with van der Waals surface area (Å²) in [5.41, 5.74) is 14.3. The van der Waals surface area contributed by atoms with Crippen LogP contribution < -0.4 is 18.9 Å². The van der Waals surface area contributed by atoms with Crippen molar-refractivity contribution < 1.29 is 18.9 Å². The summed E-state index contributed by atoms with van der Waals surface area (Å²) in [5, 5.41) is 1.43. The molecule has 6 nitrogen and oxygen atoms in total. The Balaban J connectivity index is 0.000000764. The molecule has 6 aromatic carbocycles. The third-order valence-corrected chi connectivity index (χ3v) is 13.6. The lowest BCUT2D eigenvalue weighted by atomic mass is 9.61. The number of benzene rings is 6. The van der Waals surface area contributed by atoms with Crippen LogP contribution in [-0.2, 0) is 0 Å². The quantitative estimate of drug-likeness (QED) is 0.141. The van der Waals surface area contributed by atoms with E-state index in [1.54, 1.807) is 12.1 Å². The van der Waals surface area contributed by atoms with E-state index in [2.05, 4.69) is 97.1 Å². The fraction of sp³-hybridized carbons (Fsp3) is 0.115. The second-order valence-electron chi connectivity index (χ2n) is 15.9. The van der Waals surface area contributed by atoms with E-state index in [9.17, 15) is 0 Å². The predicted molar refractivity (Wildman–Crippen MR) is 264 cm³/mol. The second kappa shape index (κ2) is 17.7. The lowest BCUT2D eigenvalue weighted by molar-refractivity contribution is 0.425. The first-order valence-electron chi connectivity index (χ1n) is 20.6. The molecule has 0 saturated heterocycles. The highest BCUT2D eigenvalue weighted by Gasteiger charge is 2.43. The highest BCUT2D eigenvalue weighted by Crippen LogP contribution is 2.59. The molecule has 0 radical (unpaired) electrons. The number of pyridine rings is 2. The van der Waals surface area contributed by atoms with E-state index in [0.717, 1.165) is 22.3 Å². The Kier molecular flexibility index (Phi) is 11.7. The molecule has 0 spiro atoms. The summed E-state index contributed by atoms with van der Waals surface area (Å²) in [6.45, 7) is 0. The Labute approximate surface area is 419 Å². The molecule has 16 bridgehead atoms. The minimum atomic E-state index is -0.107. The molecule has 3 heterocycles. The highest BCUT2D eigenvalue weighted by molar-refractivity contribution is 6.41. The fourth-order valence-corrected chi connectivity index (χ4v) is 11.1. The Bertz CT molecular complexity index is 2900. The first-order valence-corrected chi connectivity index (χ1v) is 24.2. The van der Waals surface area contributed by atoms with Gasteiger partial charge < -0.3 is 18.9 Å². The van der Waals surface area contributed by atoms with Gasteiger partial charge in [0.05, 0.1) is 10.7 Å². The first-order chi connectivity index (χ1) is 32.2. The zero-order chi connectivity index (χ0) is 45.4. The maximum atomic E-state index is 6.78. The van der Waals surface area contributed by atoms with Gasteiger partial charge in [0.15, 0.2) is 0 Å². The minimum absolute atomic E-state index is 0.00968. The molecule has 6 aliphatic carbocycles. The third-order valence-electron chi connectivity index (χ3n) is 12.5. The molecule has 0 unspecified atom stereocenters. The Morgan fingerprint density at radius 1 is 0.303 bits per heavy atom. The molecule has 1 aliphatic heterocycles. The maximum absolute atomic E-state index is 6.78. The number of nitrogens with zero attached hydrogens (tertiary/aromatic N) is 2. The molecule has 0 N–H and O–H groups in total. The summed E-state index contributed by atoms with van der Waals surface area (Å²) in [6, 6.07) is 45.1. The topological polar surface area (TPSA) is 62.7 Å². The van der Waals surface area contributed by atoms with Crippen molar-refractivity contribution in [1.82, 2.24) is 9.97 Å². The van der Waals surface area contributed by atoms with Crippen LogP contribution in [0, 0.1) is 0 Å². The summed E-state index contributed by atoms with van der Waals surface area (Å²) >= 11 is 46.2. The fourth-order valence-electron chi connectivity index (χ4n) is 10.2. The van der Waals surface area contributed by atoms with Crippen molar-refractivity contribution in [3.8, 4) is 46.5 Å². The molecule has 0 atom stereocenters. The lowest BCUT2D eigenvalue weighted by Crippen LogP contribution is -2.27. The number of hydrogen-bond donors (Lipinski definition) is 0. The predicted octanol–water partition coefficient (Wildman–Crippen LogP) is 17.4. The van der Waals surface area contributed by atoms with Crippen molar-refractivity contribution >= 4 is 92.8 Å². The van der Waals surface area contributed by atoms with Gasteiger partial charge in [-0.2, -0.15) is 9.97 Å². The molecule has 7 aliphatic rings. The molecule has 2 aromatic heterocycles. The molecule has 0 saturated carbocycles. The largest absolute Gasteiger partial charge is 0.437 e. The number of hydrogen-bond acceptors (Lipinski definition) is 6. The second-order valence-corrected chi connectivity index (χ2v) is 19.1. The van der Waals surface area contributed by atoms with E-state index in [1.165, 1.54) is 44.5 Å². The van der Waals surface area contributed by atoms with Gasteiger partial charge in [0.25, 0.3) is 0 Å². The van der Waals surface area contributed by atoms with E-state index >= 15 is 0 Å². The van der Waals surface area contributed by atoms with E-state index in [0.29, 0.717) is 23.0 Å². The summed E-state index contributed by atoms with van der Waals surface area (Å²) in [5.74, 6) is 2.85. The van der Waals surface area contributed by atoms with Crippen LogP contribution in [0.5, 0.6) is 46.5 Å². The van der Waals surface area contributed by atoms with Crippen molar-refractivity contribution in [2.24, 2.45) is 0 Å². The highest BCUT2D eigenvalue weighted by atomic mass is 35.5. The van der Waals surface area contributed by atoms with E-state index in [4.69, 9.17) is 122 Å². The Hall–Kier alpha value is -4.86.